The van der Waals surface area contributed by atoms with Crippen LogP contribution in [0.1, 0.15) is 0 Å². The van der Waals surface area contributed by atoms with Gasteiger partial charge in [0.05, 0.1) is 5.03 Å². The molecule has 2 aromatic heterocycles. The molecular formula is C12H12ClN3O3S. The molecule has 2 amide bonds. The lowest BCUT2D eigenvalue weighted by Crippen LogP contribution is -2.32. The summed E-state index contributed by atoms with van der Waals surface area (Å²) in [5.74, 6) is -0.279. The van der Waals surface area contributed by atoms with E-state index in [-0.39, 0.29) is 12.5 Å². The van der Waals surface area contributed by atoms with E-state index in [4.69, 9.17) is 16.3 Å². The van der Waals surface area contributed by atoms with Gasteiger partial charge in [0.1, 0.15) is 18.1 Å². The van der Waals surface area contributed by atoms with E-state index < -0.39 is 12.0 Å². The van der Waals surface area contributed by atoms with Crippen molar-refractivity contribution in [2.45, 2.75) is 5.03 Å². The number of halogens is 1. The standard InChI is InChI=1S/C12H12ClN3O3S/c13-8-10(17)15-12(18)19-6-7-20-11-3-1-2-9-14-4-5-16(9)11/h1-5H,6-8H2,(H,15,17,18). The minimum absolute atomic E-state index is 0.192. The first-order chi connectivity index (χ1) is 9.70. The van der Waals surface area contributed by atoms with Gasteiger partial charge < -0.3 is 4.74 Å². The summed E-state index contributed by atoms with van der Waals surface area (Å²) in [6, 6.07) is 5.78. The number of pyridine rings is 1. The highest BCUT2D eigenvalue weighted by Crippen LogP contribution is 2.18. The lowest BCUT2D eigenvalue weighted by atomic mass is 10.5. The molecule has 106 valence electrons. The van der Waals surface area contributed by atoms with Crippen LogP contribution in [0.5, 0.6) is 0 Å². The van der Waals surface area contributed by atoms with Gasteiger partial charge in [0.2, 0.25) is 5.91 Å². The normalized spacial score (nSPS) is 10.4. The van der Waals surface area contributed by atoms with E-state index in [1.165, 1.54) is 11.8 Å². The molecule has 2 aromatic rings. The number of carbonyl (C=O) groups is 2. The Balaban J connectivity index is 1.77. The Hall–Kier alpha value is -1.73. The number of carbonyl (C=O) groups excluding carboxylic acids is 2. The van der Waals surface area contributed by atoms with Crippen LogP contribution in [0.25, 0.3) is 5.65 Å². The monoisotopic (exact) mass is 313 g/mol. The second kappa shape index (κ2) is 7.16. The molecule has 8 heteroatoms. The number of fused-ring (bicyclic) bond motifs is 1. The molecule has 0 aliphatic carbocycles. The van der Waals surface area contributed by atoms with Crippen LogP contribution in [-0.4, -0.2) is 39.6 Å². The maximum atomic E-state index is 11.2. The number of nitrogens with zero attached hydrogens (tertiary/aromatic N) is 2. The molecule has 0 fully saturated rings. The zero-order valence-corrected chi connectivity index (χ0v) is 12.0. The summed E-state index contributed by atoms with van der Waals surface area (Å²) < 4.78 is 6.80. The Morgan fingerprint density at radius 3 is 3.10 bits per heavy atom. The average molecular weight is 314 g/mol. The smallest absolute Gasteiger partial charge is 0.413 e. The number of aromatic nitrogens is 2. The van der Waals surface area contributed by atoms with Crippen molar-refractivity contribution in [1.29, 1.82) is 0 Å². The van der Waals surface area contributed by atoms with Crippen LogP contribution in [-0.2, 0) is 9.53 Å². The topological polar surface area (TPSA) is 72.7 Å². The number of imidazole rings is 1. The zero-order chi connectivity index (χ0) is 14.4. The van der Waals surface area contributed by atoms with E-state index in [9.17, 15) is 9.59 Å². The molecule has 6 nitrogen and oxygen atoms in total. The fourth-order valence-electron chi connectivity index (χ4n) is 1.50. The molecule has 1 N–H and O–H groups in total. The van der Waals surface area contributed by atoms with Crippen molar-refractivity contribution < 1.29 is 14.3 Å². The van der Waals surface area contributed by atoms with Crippen molar-refractivity contribution in [3.63, 3.8) is 0 Å². The van der Waals surface area contributed by atoms with Gasteiger partial charge in [-0.1, -0.05) is 6.07 Å². The number of hydrogen-bond acceptors (Lipinski definition) is 5. The Bertz CT molecular complexity index is 617. The fraction of sp³-hybridized carbons (Fsp3) is 0.250. The van der Waals surface area contributed by atoms with E-state index in [0.29, 0.717) is 5.75 Å². The van der Waals surface area contributed by atoms with Gasteiger partial charge in [-0.2, -0.15) is 0 Å². The maximum Gasteiger partial charge on any atom is 0.413 e. The van der Waals surface area contributed by atoms with Crippen LogP contribution < -0.4 is 5.32 Å². The quantitative estimate of drug-likeness (QED) is 0.518. The fourth-order valence-corrected chi connectivity index (χ4v) is 2.41. The minimum Gasteiger partial charge on any atom is -0.448 e. The molecule has 2 heterocycles. The van der Waals surface area contributed by atoms with Crippen LogP contribution >= 0.6 is 23.4 Å². The summed E-state index contributed by atoms with van der Waals surface area (Å²) in [6.45, 7) is 0.192. The predicted molar refractivity (Wildman–Crippen MR) is 76.1 cm³/mol. The number of nitrogens with one attached hydrogen (secondary N) is 1. The molecule has 2 rings (SSSR count). The van der Waals surface area contributed by atoms with Crippen LogP contribution in [0, 0.1) is 0 Å². The van der Waals surface area contributed by atoms with Gasteiger partial charge >= 0.3 is 6.09 Å². The Labute approximate surface area is 124 Å². The number of ether oxygens (including phenoxy) is 1. The highest BCUT2D eigenvalue weighted by Gasteiger charge is 2.07. The molecule has 0 aliphatic rings. The highest BCUT2D eigenvalue weighted by molar-refractivity contribution is 7.99. The molecule has 0 saturated carbocycles. The largest absolute Gasteiger partial charge is 0.448 e. The lowest BCUT2D eigenvalue weighted by Gasteiger charge is -2.06. The number of rotatable bonds is 5. The summed E-state index contributed by atoms with van der Waals surface area (Å²) in [6.07, 6.45) is 2.81. The Morgan fingerprint density at radius 1 is 1.45 bits per heavy atom. The van der Waals surface area contributed by atoms with Gasteiger partial charge in [0.25, 0.3) is 0 Å². The van der Waals surface area contributed by atoms with Crippen molar-refractivity contribution in [2.24, 2.45) is 0 Å². The van der Waals surface area contributed by atoms with Gasteiger partial charge in [-0.15, -0.1) is 23.4 Å². The average Bonchev–Trinajstić information content (AvgIpc) is 2.92. The van der Waals surface area contributed by atoms with Crippen molar-refractivity contribution in [1.82, 2.24) is 14.7 Å². The number of thioether (sulfide) groups is 1. The van der Waals surface area contributed by atoms with E-state index in [0.717, 1.165) is 10.7 Å². The van der Waals surface area contributed by atoms with Crippen LogP contribution in [0.15, 0.2) is 35.6 Å². The molecule has 0 atom stereocenters. The molecule has 0 unspecified atom stereocenters. The number of alkyl halides is 1. The molecule has 0 bridgehead atoms. The third-order valence-electron chi connectivity index (χ3n) is 2.32. The Kier molecular flexibility index (Phi) is 5.25. The first kappa shape index (κ1) is 14.7. The number of imide groups is 1. The maximum absolute atomic E-state index is 11.2. The second-order valence-electron chi connectivity index (χ2n) is 3.69. The third kappa shape index (κ3) is 3.88. The van der Waals surface area contributed by atoms with E-state index in [1.807, 2.05) is 34.1 Å². The summed E-state index contributed by atoms with van der Waals surface area (Å²) >= 11 is 6.78. The van der Waals surface area contributed by atoms with Crippen LogP contribution in [0.3, 0.4) is 0 Å². The van der Waals surface area contributed by atoms with E-state index >= 15 is 0 Å². The van der Waals surface area contributed by atoms with Gasteiger partial charge in [-0.3, -0.25) is 14.5 Å². The summed E-state index contributed by atoms with van der Waals surface area (Å²) in [4.78, 5) is 26.2. The van der Waals surface area contributed by atoms with E-state index in [1.54, 1.807) is 6.20 Å². The second-order valence-corrected chi connectivity index (χ2v) is 5.07. The van der Waals surface area contributed by atoms with Crippen molar-refractivity contribution >= 4 is 41.0 Å². The first-order valence-corrected chi connectivity index (χ1v) is 7.30. The van der Waals surface area contributed by atoms with Crippen molar-refractivity contribution in [2.75, 3.05) is 18.2 Å². The SMILES string of the molecule is O=C(CCl)NC(=O)OCCSc1cccc2nccn12. The van der Waals surface area contributed by atoms with Crippen molar-refractivity contribution in [3.8, 4) is 0 Å². The molecule has 0 aliphatic heterocycles. The lowest BCUT2D eigenvalue weighted by molar-refractivity contribution is -0.118. The molecule has 0 radical (unpaired) electrons. The molecule has 0 spiro atoms. The number of hydrogen-bond donors (Lipinski definition) is 1. The first-order valence-electron chi connectivity index (χ1n) is 5.78. The molecular weight excluding hydrogens is 302 g/mol. The molecule has 0 aromatic carbocycles. The van der Waals surface area contributed by atoms with Gasteiger partial charge in [-0.05, 0) is 12.1 Å². The van der Waals surface area contributed by atoms with Crippen LogP contribution in [0.2, 0.25) is 0 Å². The summed E-state index contributed by atoms with van der Waals surface area (Å²) in [5.41, 5.74) is 0.862. The van der Waals surface area contributed by atoms with E-state index in [2.05, 4.69) is 4.98 Å². The van der Waals surface area contributed by atoms with Crippen LogP contribution in [0.4, 0.5) is 4.79 Å². The van der Waals surface area contributed by atoms with Gasteiger partial charge in [-0.25, -0.2) is 9.78 Å². The number of alkyl carbamates (subject to hydrolysis) is 1. The summed E-state index contributed by atoms with van der Waals surface area (Å²) in [5, 5.41) is 3.00. The Morgan fingerprint density at radius 2 is 2.30 bits per heavy atom. The molecule has 20 heavy (non-hydrogen) atoms. The third-order valence-corrected chi connectivity index (χ3v) is 3.56. The van der Waals surface area contributed by atoms with Crippen molar-refractivity contribution in [3.05, 3.63) is 30.6 Å². The zero-order valence-electron chi connectivity index (χ0n) is 10.4. The van der Waals surface area contributed by atoms with Gasteiger partial charge in [0.15, 0.2) is 0 Å². The van der Waals surface area contributed by atoms with Gasteiger partial charge in [0, 0.05) is 18.1 Å². The predicted octanol–water partition coefficient (Wildman–Crippen LogP) is 1.92. The minimum atomic E-state index is -0.780. The molecule has 0 saturated heterocycles. The highest BCUT2D eigenvalue weighted by atomic mass is 35.5. The summed E-state index contributed by atoms with van der Waals surface area (Å²) in [7, 11) is 0. The number of amides is 2.